The van der Waals surface area contributed by atoms with E-state index >= 15 is 0 Å². The van der Waals surface area contributed by atoms with Gasteiger partial charge in [0.2, 0.25) is 0 Å². The van der Waals surface area contributed by atoms with Crippen molar-refractivity contribution in [3.63, 3.8) is 0 Å². The molecule has 0 unspecified atom stereocenters. The number of rotatable bonds is 4. The number of aliphatic hydroxyl groups is 1. The van der Waals surface area contributed by atoms with Crippen molar-refractivity contribution in [2.45, 2.75) is 32.5 Å². The Kier molecular flexibility index (Phi) is 3.92. The number of benzene rings is 1. The lowest BCUT2D eigenvalue weighted by atomic mass is 10.1. The molecule has 2 rings (SSSR count). The van der Waals surface area contributed by atoms with Gasteiger partial charge < -0.3 is 10.1 Å². The minimum Gasteiger partial charge on any atom is -0.396 e. The molecule has 0 spiro atoms. The zero-order chi connectivity index (χ0) is 14.0. The van der Waals surface area contributed by atoms with E-state index in [1.54, 1.807) is 0 Å². The summed E-state index contributed by atoms with van der Waals surface area (Å²) >= 11 is 0. The van der Waals surface area contributed by atoms with Gasteiger partial charge in [0.1, 0.15) is 0 Å². The second-order valence-corrected chi connectivity index (χ2v) is 10.9. The minimum atomic E-state index is -1.57. The van der Waals surface area contributed by atoms with Crippen LogP contribution in [0, 0.1) is 0 Å². The normalized spacial score (nSPS) is 12.0. The predicted molar refractivity (Wildman–Crippen MR) is 83.0 cm³/mol. The molecule has 102 valence electrons. The van der Waals surface area contributed by atoms with Crippen molar-refractivity contribution >= 4 is 24.0 Å². The van der Waals surface area contributed by atoms with Crippen LogP contribution >= 0.6 is 0 Å². The highest BCUT2D eigenvalue weighted by Crippen LogP contribution is 2.15. The van der Waals surface area contributed by atoms with Crippen LogP contribution in [0.2, 0.25) is 19.6 Å². The first-order valence-corrected chi connectivity index (χ1v) is 10.2. The summed E-state index contributed by atoms with van der Waals surface area (Å²) in [5.74, 6) is 0. The molecule has 19 heavy (non-hydrogen) atoms. The van der Waals surface area contributed by atoms with E-state index in [0.29, 0.717) is 6.42 Å². The number of hydrogen-bond acceptors (Lipinski definition) is 2. The summed E-state index contributed by atoms with van der Waals surface area (Å²) < 4.78 is 0. The molecule has 1 aromatic carbocycles. The van der Waals surface area contributed by atoms with Gasteiger partial charge in [-0.15, -0.1) is 0 Å². The van der Waals surface area contributed by atoms with Crippen LogP contribution in [-0.4, -0.2) is 24.8 Å². The molecule has 0 atom stereocenters. The Morgan fingerprint density at radius 1 is 1.16 bits per heavy atom. The minimum absolute atomic E-state index is 0.0226. The maximum Gasteiger partial charge on any atom is 0.256 e. The van der Waals surface area contributed by atoms with Gasteiger partial charge in [-0.2, -0.15) is 0 Å². The fourth-order valence-corrected chi connectivity index (χ4v) is 4.75. The van der Waals surface area contributed by atoms with Crippen molar-refractivity contribution in [2.75, 3.05) is 6.61 Å². The lowest BCUT2D eigenvalue weighted by Crippen LogP contribution is -2.43. The zero-order valence-corrected chi connectivity index (χ0v) is 12.8. The van der Waals surface area contributed by atoms with Crippen LogP contribution in [0.5, 0.6) is 0 Å². The van der Waals surface area contributed by atoms with E-state index in [9.17, 15) is 4.79 Å². The van der Waals surface area contributed by atoms with E-state index < -0.39 is 8.07 Å². The van der Waals surface area contributed by atoms with Gasteiger partial charge in [-0.25, -0.2) is 0 Å². The van der Waals surface area contributed by atoms with E-state index in [4.69, 9.17) is 5.11 Å². The van der Waals surface area contributed by atoms with Gasteiger partial charge in [0.25, 0.3) is 5.56 Å². The van der Waals surface area contributed by atoms with E-state index in [1.165, 1.54) is 5.19 Å². The molecule has 2 N–H and O–H groups in total. The van der Waals surface area contributed by atoms with E-state index in [-0.39, 0.29) is 12.2 Å². The SMILES string of the molecule is C[Si](C)(C)c1c(CCCO)[nH]c(=O)c2ccccc12. The van der Waals surface area contributed by atoms with Crippen molar-refractivity contribution in [3.05, 3.63) is 40.3 Å². The Hall–Kier alpha value is -1.39. The topological polar surface area (TPSA) is 53.1 Å². The van der Waals surface area contributed by atoms with Crippen molar-refractivity contribution in [1.82, 2.24) is 4.98 Å². The van der Waals surface area contributed by atoms with Crippen LogP contribution in [0.4, 0.5) is 0 Å². The molecule has 0 aliphatic rings. The second kappa shape index (κ2) is 5.31. The average Bonchev–Trinajstić information content (AvgIpc) is 2.35. The number of H-pyrrole nitrogens is 1. The molecule has 1 aromatic heterocycles. The van der Waals surface area contributed by atoms with Gasteiger partial charge in [0.15, 0.2) is 0 Å². The molecular formula is C15H21NO2Si. The maximum absolute atomic E-state index is 12.1. The maximum atomic E-state index is 12.1. The third kappa shape index (κ3) is 2.79. The van der Waals surface area contributed by atoms with Gasteiger partial charge in [-0.3, -0.25) is 4.79 Å². The Labute approximate surface area is 114 Å². The lowest BCUT2D eigenvalue weighted by Gasteiger charge is -2.23. The molecule has 0 fully saturated rings. The number of aromatic amines is 1. The van der Waals surface area contributed by atoms with Crippen molar-refractivity contribution in [3.8, 4) is 0 Å². The molecule has 4 heteroatoms. The van der Waals surface area contributed by atoms with Crippen molar-refractivity contribution in [1.29, 1.82) is 0 Å². The van der Waals surface area contributed by atoms with Crippen LogP contribution in [-0.2, 0) is 6.42 Å². The van der Waals surface area contributed by atoms with Gasteiger partial charge in [0, 0.05) is 17.7 Å². The molecule has 0 radical (unpaired) electrons. The van der Waals surface area contributed by atoms with E-state index in [2.05, 4.69) is 24.6 Å². The van der Waals surface area contributed by atoms with Gasteiger partial charge in [-0.1, -0.05) is 37.8 Å². The highest BCUT2D eigenvalue weighted by atomic mass is 28.3. The Balaban J connectivity index is 2.77. The number of pyridine rings is 1. The molecule has 0 bridgehead atoms. The first-order chi connectivity index (χ1) is 8.95. The van der Waals surface area contributed by atoms with Crippen LogP contribution in [0.25, 0.3) is 10.8 Å². The number of hydrogen-bond donors (Lipinski definition) is 2. The summed E-state index contributed by atoms with van der Waals surface area (Å²) in [4.78, 5) is 15.2. The number of nitrogens with one attached hydrogen (secondary N) is 1. The van der Waals surface area contributed by atoms with Crippen LogP contribution in [0.1, 0.15) is 12.1 Å². The third-order valence-corrected chi connectivity index (χ3v) is 5.41. The first-order valence-electron chi connectivity index (χ1n) is 6.70. The quantitative estimate of drug-likeness (QED) is 0.839. The molecule has 0 amide bonds. The summed E-state index contributed by atoms with van der Waals surface area (Å²) in [6.45, 7) is 7.01. The van der Waals surface area contributed by atoms with Crippen LogP contribution in [0.15, 0.2) is 29.1 Å². The van der Waals surface area contributed by atoms with E-state index in [1.807, 2.05) is 24.3 Å². The molecule has 0 aliphatic heterocycles. The predicted octanol–water partition coefficient (Wildman–Crippen LogP) is 2.00. The molecule has 0 saturated heterocycles. The summed E-state index contributed by atoms with van der Waals surface area (Å²) in [5.41, 5.74) is 0.988. The second-order valence-electron chi connectivity index (χ2n) is 5.93. The average molecular weight is 275 g/mol. The molecule has 0 aliphatic carbocycles. The highest BCUT2D eigenvalue weighted by Gasteiger charge is 2.24. The number of aliphatic hydroxyl groups excluding tert-OH is 1. The lowest BCUT2D eigenvalue weighted by molar-refractivity contribution is 0.288. The van der Waals surface area contributed by atoms with Crippen molar-refractivity contribution < 1.29 is 5.11 Å². The molecule has 3 nitrogen and oxygen atoms in total. The largest absolute Gasteiger partial charge is 0.396 e. The summed E-state index contributed by atoms with van der Waals surface area (Å²) in [5, 5.41) is 12.2. The smallest absolute Gasteiger partial charge is 0.256 e. The highest BCUT2D eigenvalue weighted by molar-refractivity contribution is 6.90. The van der Waals surface area contributed by atoms with Gasteiger partial charge in [-0.05, 0) is 29.5 Å². The summed E-state index contributed by atoms with van der Waals surface area (Å²) in [6.07, 6.45) is 1.42. The molecular weight excluding hydrogens is 254 g/mol. The Morgan fingerprint density at radius 2 is 1.79 bits per heavy atom. The van der Waals surface area contributed by atoms with E-state index in [0.717, 1.165) is 22.9 Å². The fraction of sp³-hybridized carbons (Fsp3) is 0.400. The summed E-state index contributed by atoms with van der Waals surface area (Å²) in [7, 11) is -1.57. The van der Waals surface area contributed by atoms with Gasteiger partial charge >= 0.3 is 0 Å². The van der Waals surface area contributed by atoms with Crippen LogP contribution < -0.4 is 10.7 Å². The summed E-state index contributed by atoms with van der Waals surface area (Å²) in [6, 6.07) is 7.81. The fourth-order valence-electron chi connectivity index (χ4n) is 2.63. The number of aromatic nitrogens is 1. The number of aryl methyl sites for hydroxylation is 1. The third-order valence-electron chi connectivity index (χ3n) is 3.34. The molecule has 2 aromatic rings. The Bertz CT molecular complexity index is 641. The Morgan fingerprint density at radius 3 is 2.37 bits per heavy atom. The number of fused-ring (bicyclic) bond motifs is 1. The van der Waals surface area contributed by atoms with Crippen LogP contribution in [0.3, 0.4) is 0 Å². The van der Waals surface area contributed by atoms with Gasteiger partial charge in [0.05, 0.1) is 8.07 Å². The molecule has 0 saturated carbocycles. The standard InChI is InChI=1S/C15H21NO2Si/c1-19(2,3)14-11-7-4-5-8-12(11)15(18)16-13(14)9-6-10-17/h4-5,7-8,17H,6,9-10H2,1-3H3,(H,16,18). The zero-order valence-electron chi connectivity index (χ0n) is 11.8. The monoisotopic (exact) mass is 275 g/mol. The molecule has 1 heterocycles. The van der Waals surface area contributed by atoms with Crippen molar-refractivity contribution in [2.24, 2.45) is 0 Å². The first kappa shape index (κ1) is 14.0.